The molecule has 3 heteroatoms. The quantitative estimate of drug-likeness (QED) is 0.799. The van der Waals surface area contributed by atoms with Gasteiger partial charge < -0.3 is 10.4 Å². The van der Waals surface area contributed by atoms with Gasteiger partial charge in [-0.25, -0.2) is 0 Å². The Hall–Kier alpha value is -1.79. The van der Waals surface area contributed by atoms with Crippen LogP contribution in [0.5, 0.6) is 0 Å². The smallest absolute Gasteiger partial charge is 0.251 e. The van der Waals surface area contributed by atoms with Crippen molar-refractivity contribution in [3.05, 3.63) is 34.9 Å². The number of aliphatic hydroxyl groups excluding tert-OH is 1. The van der Waals surface area contributed by atoms with Gasteiger partial charge >= 0.3 is 0 Å². The molecule has 0 aliphatic rings. The van der Waals surface area contributed by atoms with Gasteiger partial charge in [0.1, 0.15) is 0 Å². The minimum atomic E-state index is -0.0843. The maximum atomic E-state index is 11.9. The van der Waals surface area contributed by atoms with Gasteiger partial charge in [-0.1, -0.05) is 11.8 Å². The van der Waals surface area contributed by atoms with E-state index in [1.807, 2.05) is 32.9 Å². The predicted molar refractivity (Wildman–Crippen MR) is 72.4 cm³/mol. The minimum absolute atomic E-state index is 0.0551. The Labute approximate surface area is 108 Å². The largest absolute Gasteiger partial charge is 0.395 e. The van der Waals surface area contributed by atoms with Crippen LogP contribution in [-0.4, -0.2) is 23.7 Å². The average molecular weight is 245 g/mol. The molecule has 1 aromatic carbocycles. The van der Waals surface area contributed by atoms with Gasteiger partial charge in [0.2, 0.25) is 0 Å². The van der Waals surface area contributed by atoms with E-state index in [0.29, 0.717) is 12.0 Å². The van der Waals surface area contributed by atoms with Crippen molar-refractivity contribution in [3.63, 3.8) is 0 Å². The van der Waals surface area contributed by atoms with Crippen LogP contribution in [0.1, 0.15) is 41.8 Å². The zero-order chi connectivity index (χ0) is 13.5. The van der Waals surface area contributed by atoms with Crippen molar-refractivity contribution in [1.82, 2.24) is 5.32 Å². The van der Waals surface area contributed by atoms with Gasteiger partial charge in [0.15, 0.2) is 0 Å². The fourth-order valence-electron chi connectivity index (χ4n) is 1.55. The summed E-state index contributed by atoms with van der Waals surface area (Å²) in [4.78, 5) is 11.9. The highest BCUT2D eigenvalue weighted by Gasteiger charge is 2.07. The van der Waals surface area contributed by atoms with E-state index in [9.17, 15) is 4.79 Å². The van der Waals surface area contributed by atoms with Crippen molar-refractivity contribution < 1.29 is 9.90 Å². The van der Waals surface area contributed by atoms with Crippen molar-refractivity contribution >= 4 is 5.91 Å². The van der Waals surface area contributed by atoms with Crippen molar-refractivity contribution in [1.29, 1.82) is 0 Å². The van der Waals surface area contributed by atoms with Crippen LogP contribution in [0.3, 0.4) is 0 Å². The molecule has 0 heterocycles. The second-order valence-electron chi connectivity index (χ2n) is 4.49. The van der Waals surface area contributed by atoms with Gasteiger partial charge in [0.25, 0.3) is 5.91 Å². The summed E-state index contributed by atoms with van der Waals surface area (Å²) in [6.07, 6.45) is 0.446. The average Bonchev–Trinajstić information content (AvgIpc) is 2.27. The second kappa shape index (κ2) is 6.83. The number of carbonyl (C=O) groups excluding carboxylic acids is 1. The maximum absolute atomic E-state index is 11.9. The molecule has 0 saturated carbocycles. The molecule has 0 aliphatic carbocycles. The van der Waals surface area contributed by atoms with Crippen molar-refractivity contribution in [2.75, 3.05) is 6.61 Å². The molecular weight excluding hydrogens is 226 g/mol. The first-order valence-electron chi connectivity index (χ1n) is 6.05. The highest BCUT2D eigenvalue weighted by molar-refractivity contribution is 5.94. The van der Waals surface area contributed by atoms with E-state index in [1.54, 1.807) is 6.07 Å². The SMILES string of the molecule is Cc1cc(C#CCCO)cc(C(=O)NC(C)C)c1. The number of carbonyl (C=O) groups is 1. The van der Waals surface area contributed by atoms with Crippen LogP contribution in [0.2, 0.25) is 0 Å². The van der Waals surface area contributed by atoms with E-state index in [-0.39, 0.29) is 18.6 Å². The fourth-order valence-corrected chi connectivity index (χ4v) is 1.55. The number of hydrogen-bond donors (Lipinski definition) is 2. The molecule has 2 N–H and O–H groups in total. The summed E-state index contributed by atoms with van der Waals surface area (Å²) in [5.74, 6) is 5.71. The molecule has 0 aromatic heterocycles. The van der Waals surface area contributed by atoms with E-state index in [1.165, 1.54) is 0 Å². The van der Waals surface area contributed by atoms with Gasteiger partial charge in [-0.3, -0.25) is 4.79 Å². The molecule has 0 bridgehead atoms. The summed E-state index contributed by atoms with van der Waals surface area (Å²) < 4.78 is 0. The van der Waals surface area contributed by atoms with Crippen molar-refractivity contribution in [3.8, 4) is 11.8 Å². The second-order valence-corrected chi connectivity index (χ2v) is 4.49. The fraction of sp³-hybridized carbons (Fsp3) is 0.400. The van der Waals surface area contributed by atoms with E-state index >= 15 is 0 Å². The molecular formula is C15H19NO2. The molecule has 0 saturated heterocycles. The number of hydrogen-bond acceptors (Lipinski definition) is 2. The topological polar surface area (TPSA) is 49.3 Å². The van der Waals surface area contributed by atoms with E-state index in [0.717, 1.165) is 11.1 Å². The van der Waals surface area contributed by atoms with E-state index in [4.69, 9.17) is 5.11 Å². The van der Waals surface area contributed by atoms with E-state index < -0.39 is 0 Å². The molecule has 96 valence electrons. The molecule has 1 rings (SSSR count). The van der Waals surface area contributed by atoms with E-state index in [2.05, 4.69) is 17.2 Å². The number of nitrogens with one attached hydrogen (secondary N) is 1. The Kier molecular flexibility index (Phi) is 5.41. The van der Waals surface area contributed by atoms with Crippen LogP contribution in [-0.2, 0) is 0 Å². The lowest BCUT2D eigenvalue weighted by atomic mass is 10.1. The van der Waals surface area contributed by atoms with Gasteiger partial charge in [-0.15, -0.1) is 0 Å². The van der Waals surface area contributed by atoms with Crippen LogP contribution in [0, 0.1) is 18.8 Å². The number of amides is 1. The summed E-state index contributed by atoms with van der Waals surface area (Å²) in [5.41, 5.74) is 2.43. The molecule has 18 heavy (non-hydrogen) atoms. The Bertz CT molecular complexity index is 481. The lowest BCUT2D eigenvalue weighted by Crippen LogP contribution is -2.30. The normalized spacial score (nSPS) is 9.83. The molecule has 0 fully saturated rings. The van der Waals surface area contributed by atoms with Gasteiger partial charge in [0.05, 0.1) is 6.61 Å². The standard InChI is InChI=1S/C15H19NO2/c1-11(2)16-15(18)14-9-12(3)8-13(10-14)6-4-5-7-17/h8-11,17H,5,7H2,1-3H3,(H,16,18). The molecule has 1 aromatic rings. The van der Waals surface area contributed by atoms with Crippen LogP contribution in [0.15, 0.2) is 18.2 Å². The van der Waals surface area contributed by atoms with Gasteiger partial charge in [-0.2, -0.15) is 0 Å². The predicted octanol–water partition coefficient (Wildman–Crippen LogP) is 1.87. The summed E-state index contributed by atoms with van der Waals surface area (Å²) in [6, 6.07) is 5.66. The Balaban J connectivity index is 2.94. The lowest BCUT2D eigenvalue weighted by Gasteiger charge is -2.09. The Morgan fingerprint density at radius 2 is 2.11 bits per heavy atom. The molecule has 0 atom stereocenters. The third-order valence-electron chi connectivity index (χ3n) is 2.23. The molecule has 0 aliphatic heterocycles. The van der Waals surface area contributed by atoms with Crippen LogP contribution in [0.4, 0.5) is 0 Å². The monoisotopic (exact) mass is 245 g/mol. The lowest BCUT2D eigenvalue weighted by molar-refractivity contribution is 0.0943. The Morgan fingerprint density at radius 1 is 1.39 bits per heavy atom. The first-order valence-corrected chi connectivity index (χ1v) is 6.05. The zero-order valence-electron chi connectivity index (χ0n) is 11.1. The number of aliphatic hydroxyl groups is 1. The third-order valence-corrected chi connectivity index (χ3v) is 2.23. The summed E-state index contributed by atoms with van der Waals surface area (Å²) in [7, 11) is 0. The van der Waals surface area contributed by atoms with Gasteiger partial charge in [0, 0.05) is 23.6 Å². The number of rotatable bonds is 3. The minimum Gasteiger partial charge on any atom is -0.395 e. The first kappa shape index (κ1) is 14.3. The van der Waals surface area contributed by atoms with Gasteiger partial charge in [-0.05, 0) is 44.5 Å². The zero-order valence-corrected chi connectivity index (χ0v) is 11.1. The van der Waals surface area contributed by atoms with Crippen LogP contribution >= 0.6 is 0 Å². The molecule has 0 radical (unpaired) electrons. The summed E-state index contributed by atoms with van der Waals surface area (Å²) >= 11 is 0. The molecule has 1 amide bonds. The molecule has 0 unspecified atom stereocenters. The van der Waals surface area contributed by atoms with Crippen molar-refractivity contribution in [2.24, 2.45) is 0 Å². The first-order chi connectivity index (χ1) is 8.52. The summed E-state index contributed by atoms with van der Waals surface area (Å²) in [5, 5.41) is 11.5. The van der Waals surface area contributed by atoms with Crippen molar-refractivity contribution in [2.45, 2.75) is 33.2 Å². The highest BCUT2D eigenvalue weighted by Crippen LogP contribution is 2.09. The van der Waals surface area contributed by atoms with Crippen LogP contribution in [0.25, 0.3) is 0 Å². The number of aryl methyl sites for hydroxylation is 1. The third kappa shape index (κ3) is 4.60. The molecule has 0 spiro atoms. The van der Waals surface area contributed by atoms with Crippen LogP contribution < -0.4 is 5.32 Å². The number of benzene rings is 1. The molecule has 3 nitrogen and oxygen atoms in total. The maximum Gasteiger partial charge on any atom is 0.251 e. The summed E-state index contributed by atoms with van der Waals surface area (Å²) in [6.45, 7) is 5.84. The Morgan fingerprint density at radius 3 is 2.72 bits per heavy atom. The highest BCUT2D eigenvalue weighted by atomic mass is 16.2.